The van der Waals surface area contributed by atoms with Crippen molar-refractivity contribution in [2.45, 2.75) is 0 Å². The number of nitrogens with zero attached hydrogens (tertiary/aromatic N) is 3. The molecule has 2 aliphatic rings. The van der Waals surface area contributed by atoms with Crippen LogP contribution in [0.3, 0.4) is 0 Å². The quantitative estimate of drug-likeness (QED) is 0.555. The second-order valence-electron chi connectivity index (χ2n) is 2.48. The van der Waals surface area contributed by atoms with Crippen LogP contribution < -0.4 is 10.9 Å². The third-order valence-electron chi connectivity index (χ3n) is 1.80. The lowest BCUT2D eigenvalue weighted by Gasteiger charge is -2.14. The van der Waals surface area contributed by atoms with Crippen LogP contribution in [-0.4, -0.2) is 16.6 Å². The van der Waals surface area contributed by atoms with Gasteiger partial charge in [-0.25, -0.2) is 9.98 Å². The van der Waals surface area contributed by atoms with Crippen LogP contribution in [-0.2, 0) is 0 Å². The van der Waals surface area contributed by atoms with E-state index in [9.17, 15) is 0 Å². The summed E-state index contributed by atoms with van der Waals surface area (Å²) < 4.78 is 5.10. The van der Waals surface area contributed by atoms with Crippen LogP contribution in [0.5, 0.6) is 0 Å². The molecule has 2 aliphatic heterocycles. The minimum atomic E-state index is 0.640. The molecule has 60 valence electrons. The predicted molar refractivity (Wildman–Crippen MR) is 44.1 cm³/mol. The third-order valence-corrected chi connectivity index (χ3v) is 2.71. The summed E-state index contributed by atoms with van der Waals surface area (Å²) >= 11 is 1.65. The molecule has 12 heavy (non-hydrogen) atoms. The Kier molecular flexibility index (Phi) is 1.12. The molecule has 0 saturated heterocycles. The second kappa shape index (κ2) is 2.13. The maximum Gasteiger partial charge on any atom is 0.246 e. The van der Waals surface area contributed by atoms with Crippen molar-refractivity contribution in [1.29, 1.82) is 0 Å². The lowest BCUT2D eigenvalue weighted by atomic mass is 10.5. The molecular formula is C7H5N3OS. The molecule has 0 bridgehead atoms. The van der Waals surface area contributed by atoms with E-state index in [-0.39, 0.29) is 0 Å². The average Bonchev–Trinajstić information content (AvgIpc) is 2.71. The Bertz CT molecular complexity index is 461. The lowest BCUT2D eigenvalue weighted by molar-refractivity contribution is 0.461. The van der Waals surface area contributed by atoms with Crippen molar-refractivity contribution >= 4 is 16.8 Å². The number of fused-ring (bicyclic) bond motifs is 2. The number of aromatic nitrogens is 1. The fourth-order valence-electron chi connectivity index (χ4n) is 1.25. The summed E-state index contributed by atoms with van der Waals surface area (Å²) in [6, 6.07) is 0. The Balaban J connectivity index is 2.41. The fourth-order valence-corrected chi connectivity index (χ4v) is 2.09. The topological polar surface area (TPSA) is 41.6 Å². The van der Waals surface area contributed by atoms with Crippen molar-refractivity contribution in [3.63, 3.8) is 0 Å². The van der Waals surface area contributed by atoms with E-state index >= 15 is 0 Å². The summed E-state index contributed by atoms with van der Waals surface area (Å²) in [7, 11) is 0. The summed E-state index contributed by atoms with van der Waals surface area (Å²) in [4.78, 5) is 10.4. The van der Waals surface area contributed by atoms with Gasteiger partial charge < -0.3 is 9.32 Å². The van der Waals surface area contributed by atoms with E-state index in [1.807, 2.05) is 11.6 Å². The maximum absolute atomic E-state index is 5.10. The van der Waals surface area contributed by atoms with Crippen LogP contribution in [0.15, 0.2) is 27.4 Å². The third kappa shape index (κ3) is 0.687. The van der Waals surface area contributed by atoms with E-state index in [4.69, 9.17) is 4.42 Å². The number of oxazole rings is 1. The molecule has 3 heterocycles. The van der Waals surface area contributed by atoms with Gasteiger partial charge in [0.25, 0.3) is 0 Å². The zero-order valence-electron chi connectivity index (χ0n) is 6.10. The molecule has 0 radical (unpaired) electrons. The van der Waals surface area contributed by atoms with Crippen molar-refractivity contribution in [1.82, 2.24) is 9.88 Å². The van der Waals surface area contributed by atoms with Crippen molar-refractivity contribution in [2.24, 2.45) is 4.99 Å². The van der Waals surface area contributed by atoms with Crippen LogP contribution in [0.4, 0.5) is 0 Å². The first-order valence-corrected chi connectivity index (χ1v) is 4.41. The van der Waals surface area contributed by atoms with Gasteiger partial charge >= 0.3 is 0 Å². The van der Waals surface area contributed by atoms with E-state index < -0.39 is 0 Å². The molecule has 0 aliphatic carbocycles. The molecular weight excluding hydrogens is 174 g/mol. The van der Waals surface area contributed by atoms with Crippen molar-refractivity contribution in [3.05, 3.63) is 28.9 Å². The zero-order valence-corrected chi connectivity index (χ0v) is 6.91. The van der Waals surface area contributed by atoms with Crippen molar-refractivity contribution < 1.29 is 4.42 Å². The molecule has 0 fully saturated rings. The summed E-state index contributed by atoms with van der Waals surface area (Å²) in [6.07, 6.45) is 3.44. The minimum Gasteiger partial charge on any atom is -0.425 e. The molecule has 0 unspecified atom stereocenters. The molecule has 1 aromatic rings. The normalized spacial score (nSPS) is 19.0. The fraction of sp³-hybridized carbons (Fsp3) is 0.143. The summed E-state index contributed by atoms with van der Waals surface area (Å²) in [5.74, 6) is 0. The highest BCUT2D eigenvalue weighted by atomic mass is 32.2. The SMILES string of the molecule is C1=CN2CN=c3ocnc3=C2S1. The van der Waals surface area contributed by atoms with Gasteiger partial charge in [0, 0.05) is 6.20 Å². The number of hydrogen-bond donors (Lipinski definition) is 0. The maximum atomic E-state index is 5.10. The molecule has 5 heteroatoms. The van der Waals surface area contributed by atoms with Crippen LogP contribution in [0.2, 0.25) is 0 Å². The Hall–Kier alpha value is -1.23. The molecule has 0 spiro atoms. The Morgan fingerprint density at radius 2 is 2.58 bits per heavy atom. The lowest BCUT2D eigenvalue weighted by Crippen LogP contribution is -2.35. The van der Waals surface area contributed by atoms with Crippen LogP contribution in [0, 0.1) is 0 Å². The van der Waals surface area contributed by atoms with Gasteiger partial charge in [0.1, 0.15) is 11.7 Å². The van der Waals surface area contributed by atoms with E-state index in [0.717, 1.165) is 10.4 Å². The highest BCUT2D eigenvalue weighted by Crippen LogP contribution is 2.28. The highest BCUT2D eigenvalue weighted by molar-refractivity contribution is 8.10. The van der Waals surface area contributed by atoms with Crippen LogP contribution in [0.1, 0.15) is 0 Å². The highest BCUT2D eigenvalue weighted by Gasteiger charge is 2.18. The minimum absolute atomic E-state index is 0.640. The smallest absolute Gasteiger partial charge is 0.246 e. The standard InChI is InChI=1S/C7H5N3OS/c1-2-12-7-5-6(11-4-9-5)8-3-10(1)7/h1-2,4H,3H2. The Labute approximate surface area is 72.3 Å². The predicted octanol–water partition coefficient (Wildman–Crippen LogP) is -0.149. The number of thioether (sulfide) groups is 1. The van der Waals surface area contributed by atoms with Gasteiger partial charge in [0.15, 0.2) is 11.7 Å². The first-order chi connectivity index (χ1) is 5.95. The van der Waals surface area contributed by atoms with Crippen molar-refractivity contribution in [2.75, 3.05) is 6.67 Å². The number of hydrogen-bond acceptors (Lipinski definition) is 5. The van der Waals surface area contributed by atoms with Gasteiger partial charge in [-0.2, -0.15) is 0 Å². The van der Waals surface area contributed by atoms with E-state index in [1.54, 1.807) is 11.8 Å². The molecule has 0 aromatic carbocycles. The van der Waals surface area contributed by atoms with Gasteiger partial charge in [0.2, 0.25) is 5.55 Å². The van der Waals surface area contributed by atoms with Gasteiger partial charge in [-0.15, -0.1) is 0 Å². The molecule has 1 aromatic heterocycles. The molecule has 0 N–H and O–H groups in total. The molecule has 4 nitrogen and oxygen atoms in total. The van der Waals surface area contributed by atoms with E-state index in [1.165, 1.54) is 6.39 Å². The van der Waals surface area contributed by atoms with Gasteiger partial charge in [-0.3, -0.25) is 0 Å². The summed E-state index contributed by atoms with van der Waals surface area (Å²) in [5.41, 5.74) is 0.650. The molecule has 0 amide bonds. The Morgan fingerprint density at radius 1 is 1.58 bits per heavy atom. The monoisotopic (exact) mass is 179 g/mol. The first kappa shape index (κ1) is 6.30. The average molecular weight is 179 g/mol. The van der Waals surface area contributed by atoms with E-state index in [0.29, 0.717) is 12.2 Å². The zero-order chi connectivity index (χ0) is 7.97. The van der Waals surface area contributed by atoms with Gasteiger partial charge in [0.05, 0.1) is 0 Å². The molecule has 0 atom stereocenters. The first-order valence-electron chi connectivity index (χ1n) is 3.53. The van der Waals surface area contributed by atoms with Gasteiger partial charge in [-0.1, -0.05) is 11.8 Å². The molecule has 3 rings (SSSR count). The summed E-state index contributed by atoms with van der Waals surface area (Å²) in [6.45, 7) is 0.640. The second-order valence-corrected chi connectivity index (χ2v) is 3.38. The summed E-state index contributed by atoms with van der Waals surface area (Å²) in [5, 5.41) is 4.00. The Morgan fingerprint density at radius 3 is 3.58 bits per heavy atom. The van der Waals surface area contributed by atoms with Crippen LogP contribution in [0.25, 0.3) is 5.03 Å². The largest absolute Gasteiger partial charge is 0.425 e. The van der Waals surface area contributed by atoms with Crippen LogP contribution >= 0.6 is 11.8 Å². The van der Waals surface area contributed by atoms with E-state index in [2.05, 4.69) is 14.9 Å². The number of rotatable bonds is 0. The molecule has 0 saturated carbocycles. The van der Waals surface area contributed by atoms with Gasteiger partial charge in [-0.05, 0) is 5.41 Å². The van der Waals surface area contributed by atoms with Crippen molar-refractivity contribution in [3.8, 4) is 0 Å².